The van der Waals surface area contributed by atoms with Crippen molar-refractivity contribution in [2.24, 2.45) is 0 Å². The average Bonchev–Trinajstić information content (AvgIpc) is 2.63. The molecule has 0 saturated heterocycles. The lowest BCUT2D eigenvalue weighted by Crippen LogP contribution is -2.02. The normalized spacial score (nSPS) is 10.4. The van der Waals surface area contributed by atoms with Crippen molar-refractivity contribution in [1.29, 1.82) is 0 Å². The summed E-state index contributed by atoms with van der Waals surface area (Å²) in [5.74, 6) is 1.42. The fourth-order valence-corrected chi connectivity index (χ4v) is 3.23. The molecule has 122 valence electrons. The summed E-state index contributed by atoms with van der Waals surface area (Å²) in [5, 5.41) is 0. The third-order valence-corrected chi connectivity index (χ3v) is 4.45. The van der Waals surface area contributed by atoms with E-state index in [4.69, 9.17) is 15.2 Å². The van der Waals surface area contributed by atoms with E-state index in [9.17, 15) is 0 Å². The molecule has 0 atom stereocenters. The van der Waals surface area contributed by atoms with Crippen molar-refractivity contribution in [2.45, 2.75) is 9.79 Å². The van der Waals surface area contributed by atoms with Crippen LogP contribution < -0.4 is 15.2 Å². The zero-order valence-electron chi connectivity index (χ0n) is 13.4. The van der Waals surface area contributed by atoms with Gasteiger partial charge >= 0.3 is 0 Å². The number of aromatic nitrogens is 2. The first-order chi connectivity index (χ1) is 11.7. The Hall–Kier alpha value is -2.73. The fourth-order valence-electron chi connectivity index (χ4n) is 2.23. The fraction of sp³-hybridized carbons (Fsp3) is 0.111. The largest absolute Gasteiger partial charge is 0.497 e. The van der Waals surface area contributed by atoms with E-state index in [0.29, 0.717) is 5.88 Å². The maximum absolute atomic E-state index is 5.85. The van der Waals surface area contributed by atoms with Crippen molar-refractivity contribution in [2.75, 3.05) is 20.0 Å². The molecule has 3 rings (SSSR count). The summed E-state index contributed by atoms with van der Waals surface area (Å²) in [7, 11) is 3.21. The van der Waals surface area contributed by atoms with Gasteiger partial charge in [0.15, 0.2) is 0 Å². The molecule has 24 heavy (non-hydrogen) atoms. The van der Waals surface area contributed by atoms with Crippen LogP contribution in [0.3, 0.4) is 0 Å². The molecule has 0 unspecified atom stereocenters. The molecule has 0 radical (unpaired) electrons. The molecule has 3 aromatic rings. The SMILES string of the molecule is COc1ccc(-c2nc(N)nc(OC)c2Sc2ccccc2)cc1. The van der Waals surface area contributed by atoms with E-state index < -0.39 is 0 Å². The van der Waals surface area contributed by atoms with Crippen molar-refractivity contribution in [3.05, 3.63) is 54.6 Å². The number of nitrogens with zero attached hydrogens (tertiary/aromatic N) is 2. The van der Waals surface area contributed by atoms with Crippen LogP contribution in [0.1, 0.15) is 0 Å². The number of anilines is 1. The molecular weight excluding hydrogens is 322 g/mol. The molecule has 0 aliphatic heterocycles. The Morgan fingerprint density at radius 1 is 0.875 bits per heavy atom. The highest BCUT2D eigenvalue weighted by atomic mass is 32.2. The van der Waals surface area contributed by atoms with Gasteiger partial charge in [-0.2, -0.15) is 4.98 Å². The second-order valence-electron chi connectivity index (χ2n) is 4.91. The van der Waals surface area contributed by atoms with Crippen LogP contribution in [-0.4, -0.2) is 24.2 Å². The van der Waals surface area contributed by atoms with Crippen LogP contribution in [0.5, 0.6) is 11.6 Å². The summed E-state index contributed by atoms with van der Waals surface area (Å²) in [6.07, 6.45) is 0. The molecule has 0 amide bonds. The number of nitrogens with two attached hydrogens (primary N) is 1. The zero-order chi connectivity index (χ0) is 16.9. The third-order valence-electron chi connectivity index (χ3n) is 3.37. The Morgan fingerprint density at radius 2 is 1.58 bits per heavy atom. The highest BCUT2D eigenvalue weighted by Crippen LogP contribution is 2.40. The lowest BCUT2D eigenvalue weighted by Gasteiger charge is -2.13. The Kier molecular flexibility index (Phi) is 4.86. The summed E-state index contributed by atoms with van der Waals surface area (Å²) in [4.78, 5) is 10.5. The standard InChI is InChI=1S/C18H17N3O2S/c1-22-13-10-8-12(9-11-13)15-16(17(23-2)21-18(19)20-15)24-14-6-4-3-5-7-14/h3-11H,1-2H3,(H2,19,20,21). The van der Waals surface area contributed by atoms with Crippen LogP contribution in [0.2, 0.25) is 0 Å². The molecule has 0 fully saturated rings. The maximum Gasteiger partial charge on any atom is 0.233 e. The third kappa shape index (κ3) is 3.44. The van der Waals surface area contributed by atoms with Gasteiger partial charge in [0, 0.05) is 10.5 Å². The van der Waals surface area contributed by atoms with Gasteiger partial charge in [-0.3, -0.25) is 0 Å². The average molecular weight is 339 g/mol. The molecule has 1 heterocycles. The first-order valence-electron chi connectivity index (χ1n) is 7.30. The first-order valence-corrected chi connectivity index (χ1v) is 8.11. The second-order valence-corrected chi connectivity index (χ2v) is 6.00. The minimum absolute atomic E-state index is 0.176. The number of hydrogen-bond acceptors (Lipinski definition) is 6. The van der Waals surface area contributed by atoms with Gasteiger partial charge in [-0.15, -0.1) is 0 Å². The quantitative estimate of drug-likeness (QED) is 0.760. The van der Waals surface area contributed by atoms with Gasteiger partial charge < -0.3 is 15.2 Å². The van der Waals surface area contributed by atoms with Gasteiger partial charge in [-0.05, 0) is 36.4 Å². The van der Waals surface area contributed by atoms with E-state index in [2.05, 4.69) is 9.97 Å². The molecule has 0 aliphatic rings. The minimum atomic E-state index is 0.176. The van der Waals surface area contributed by atoms with Crippen LogP contribution in [0.25, 0.3) is 11.3 Å². The lowest BCUT2D eigenvalue weighted by atomic mass is 10.1. The zero-order valence-corrected chi connectivity index (χ0v) is 14.2. The molecule has 0 saturated carbocycles. The molecule has 0 aliphatic carbocycles. The van der Waals surface area contributed by atoms with Crippen LogP contribution >= 0.6 is 11.8 Å². The molecule has 5 nitrogen and oxygen atoms in total. The smallest absolute Gasteiger partial charge is 0.233 e. The Balaban J connectivity index is 2.10. The summed E-state index contributed by atoms with van der Waals surface area (Å²) in [5.41, 5.74) is 7.50. The van der Waals surface area contributed by atoms with Crippen molar-refractivity contribution in [3.63, 3.8) is 0 Å². The Bertz CT molecular complexity index is 824. The monoisotopic (exact) mass is 339 g/mol. The molecule has 0 bridgehead atoms. The molecule has 1 aromatic heterocycles. The Labute approximate surface area is 144 Å². The topological polar surface area (TPSA) is 70.3 Å². The van der Waals surface area contributed by atoms with E-state index in [1.165, 1.54) is 0 Å². The first kappa shape index (κ1) is 16.1. The maximum atomic E-state index is 5.85. The van der Waals surface area contributed by atoms with Gasteiger partial charge in [0.1, 0.15) is 10.6 Å². The van der Waals surface area contributed by atoms with E-state index >= 15 is 0 Å². The van der Waals surface area contributed by atoms with Crippen LogP contribution in [0.4, 0.5) is 5.95 Å². The summed E-state index contributed by atoms with van der Waals surface area (Å²) in [6.45, 7) is 0. The highest BCUT2D eigenvalue weighted by molar-refractivity contribution is 7.99. The number of rotatable bonds is 5. The van der Waals surface area contributed by atoms with Crippen LogP contribution in [-0.2, 0) is 0 Å². The van der Waals surface area contributed by atoms with Gasteiger partial charge in [0.05, 0.1) is 19.9 Å². The summed E-state index contributed by atoms with van der Waals surface area (Å²) in [6, 6.07) is 17.7. The Morgan fingerprint density at radius 3 is 2.21 bits per heavy atom. The highest BCUT2D eigenvalue weighted by Gasteiger charge is 2.17. The summed E-state index contributed by atoms with van der Waals surface area (Å²) >= 11 is 1.54. The van der Waals surface area contributed by atoms with Gasteiger partial charge in [-0.25, -0.2) is 4.98 Å². The van der Waals surface area contributed by atoms with Gasteiger partial charge in [-0.1, -0.05) is 30.0 Å². The number of methoxy groups -OCH3 is 2. The molecule has 2 N–H and O–H groups in total. The van der Waals surface area contributed by atoms with E-state index in [0.717, 1.165) is 26.8 Å². The summed E-state index contributed by atoms with van der Waals surface area (Å²) < 4.78 is 10.6. The molecule has 0 spiro atoms. The predicted molar refractivity (Wildman–Crippen MR) is 95.5 cm³/mol. The van der Waals surface area contributed by atoms with E-state index in [1.807, 2.05) is 54.6 Å². The predicted octanol–water partition coefficient (Wildman–Crippen LogP) is 3.89. The van der Waals surface area contributed by atoms with Crippen molar-refractivity contribution >= 4 is 17.7 Å². The van der Waals surface area contributed by atoms with Crippen molar-refractivity contribution < 1.29 is 9.47 Å². The number of hydrogen-bond donors (Lipinski definition) is 1. The van der Waals surface area contributed by atoms with Crippen LogP contribution in [0, 0.1) is 0 Å². The van der Waals surface area contributed by atoms with Crippen molar-refractivity contribution in [3.8, 4) is 22.9 Å². The molecule has 2 aromatic carbocycles. The van der Waals surface area contributed by atoms with E-state index in [1.54, 1.807) is 26.0 Å². The van der Waals surface area contributed by atoms with E-state index in [-0.39, 0.29) is 5.95 Å². The van der Waals surface area contributed by atoms with Gasteiger partial charge in [0.2, 0.25) is 11.8 Å². The number of ether oxygens (including phenoxy) is 2. The van der Waals surface area contributed by atoms with Crippen LogP contribution in [0.15, 0.2) is 64.4 Å². The molecular formula is C18H17N3O2S. The number of nitrogen functional groups attached to an aromatic ring is 1. The number of benzene rings is 2. The lowest BCUT2D eigenvalue weighted by molar-refractivity contribution is 0.387. The molecule has 6 heteroatoms. The van der Waals surface area contributed by atoms with Gasteiger partial charge in [0.25, 0.3) is 0 Å². The minimum Gasteiger partial charge on any atom is -0.497 e. The second kappa shape index (κ2) is 7.23. The van der Waals surface area contributed by atoms with Crippen molar-refractivity contribution in [1.82, 2.24) is 9.97 Å².